The molecule has 11 aromatic rings. The van der Waals surface area contributed by atoms with Crippen LogP contribution in [0.3, 0.4) is 0 Å². The summed E-state index contributed by atoms with van der Waals surface area (Å²) >= 11 is 0. The largest absolute Gasteiger partial charge is 0.0622 e. The molecule has 1 atom stereocenters. The molecule has 0 nitrogen and oxygen atoms in total. The smallest absolute Gasteiger partial charge is 0.0159 e. The van der Waals surface area contributed by atoms with Gasteiger partial charge in [0.25, 0.3) is 0 Å². The van der Waals surface area contributed by atoms with Crippen molar-refractivity contribution in [3.05, 3.63) is 252 Å². The molecule has 11 aromatic carbocycles. The second-order valence-corrected chi connectivity index (χ2v) is 18.4. The third kappa shape index (κ3) is 6.61. The summed E-state index contributed by atoms with van der Waals surface area (Å²) in [5.74, 6) is 0.290. The van der Waals surface area contributed by atoms with Gasteiger partial charge in [-0.3, -0.25) is 0 Å². The summed E-state index contributed by atoms with van der Waals surface area (Å²) in [4.78, 5) is 0. The van der Waals surface area contributed by atoms with Crippen LogP contribution in [0.1, 0.15) is 54.0 Å². The van der Waals surface area contributed by atoms with E-state index < -0.39 is 0 Å². The van der Waals surface area contributed by atoms with E-state index in [1.807, 2.05) is 0 Å². The van der Waals surface area contributed by atoms with Gasteiger partial charge < -0.3 is 0 Å². The average Bonchev–Trinajstić information content (AvgIpc) is 3.58. The molecule has 1 aliphatic carbocycles. The molecule has 0 radical (unpaired) electrons. The van der Waals surface area contributed by atoms with E-state index in [0.29, 0.717) is 0 Å². The molecule has 0 N–H and O–H groups in total. The molecule has 64 heavy (non-hydrogen) atoms. The van der Waals surface area contributed by atoms with Crippen molar-refractivity contribution in [2.24, 2.45) is 0 Å². The van der Waals surface area contributed by atoms with Crippen LogP contribution < -0.4 is 0 Å². The van der Waals surface area contributed by atoms with E-state index in [1.165, 1.54) is 115 Å². The topological polar surface area (TPSA) is 0 Å². The van der Waals surface area contributed by atoms with Crippen molar-refractivity contribution < 1.29 is 0 Å². The van der Waals surface area contributed by atoms with Gasteiger partial charge in [0.15, 0.2) is 0 Å². The van der Waals surface area contributed by atoms with Crippen LogP contribution in [0.5, 0.6) is 0 Å². The van der Waals surface area contributed by atoms with E-state index in [1.54, 1.807) is 0 Å². The predicted molar refractivity (Wildman–Crippen MR) is 273 cm³/mol. The van der Waals surface area contributed by atoms with Crippen molar-refractivity contribution in [1.82, 2.24) is 0 Å². The first-order chi connectivity index (χ1) is 31.4. The van der Waals surface area contributed by atoms with E-state index >= 15 is 0 Å². The minimum Gasteiger partial charge on any atom is -0.0622 e. The van der Waals surface area contributed by atoms with Gasteiger partial charge in [0.1, 0.15) is 0 Å². The molecule has 1 unspecified atom stereocenters. The van der Waals surface area contributed by atoms with Gasteiger partial charge in [-0.05, 0) is 153 Å². The van der Waals surface area contributed by atoms with E-state index in [0.717, 1.165) is 12.8 Å². The molecule has 304 valence electrons. The van der Waals surface area contributed by atoms with E-state index in [4.69, 9.17) is 0 Å². The summed E-state index contributed by atoms with van der Waals surface area (Å²) in [6.45, 7) is 4.82. The van der Waals surface area contributed by atoms with Crippen LogP contribution in [0.25, 0.3) is 87.6 Å². The Morgan fingerprint density at radius 2 is 0.859 bits per heavy atom. The molecule has 0 saturated heterocycles. The summed E-state index contributed by atoms with van der Waals surface area (Å²) in [5.41, 5.74) is 17.1. The minimum absolute atomic E-state index is 0.108. The Bertz CT molecular complexity index is 3570. The normalized spacial score (nSPS) is 13.3. The quantitative estimate of drug-likeness (QED) is 0.134. The van der Waals surface area contributed by atoms with Gasteiger partial charge >= 0.3 is 0 Å². The predicted octanol–water partition coefficient (Wildman–Crippen LogP) is 17.4. The van der Waals surface area contributed by atoms with Gasteiger partial charge in [0.05, 0.1) is 0 Å². The lowest BCUT2D eigenvalue weighted by molar-refractivity contribution is 0.657. The van der Waals surface area contributed by atoms with Gasteiger partial charge in [-0.2, -0.15) is 0 Å². The van der Waals surface area contributed by atoms with Crippen LogP contribution >= 0.6 is 0 Å². The summed E-state index contributed by atoms with van der Waals surface area (Å²) in [6.07, 6.45) is 2.04. The zero-order valence-electron chi connectivity index (χ0n) is 36.4. The van der Waals surface area contributed by atoms with Gasteiger partial charge in [0.2, 0.25) is 0 Å². The number of aryl methyl sites for hydroxylation is 1. The highest BCUT2D eigenvalue weighted by atomic mass is 14.4. The molecular weight excluding hydrogens is 769 g/mol. The zero-order chi connectivity index (χ0) is 42.8. The summed E-state index contributed by atoms with van der Waals surface area (Å²) < 4.78 is 0. The molecule has 1 aliphatic rings. The molecule has 0 spiro atoms. The number of fused-ring (bicyclic) bond motifs is 8. The standard InChI is InChI=1S/C64H48/c1-64(2)62-36-42(20-33-55(45-13-4-3-5-14-45)54-31-30-50-38-49(28-29-51(50)39-54)48-27-24-43-12-6-7-15-47(43)37-48)21-34-59(62)60-35-32-52(41-63(60)64)44-22-25-46(26-23-44)61-40-53-16-8-9-17-56(53)57-18-10-11-19-58(57)61/h3-19,21-32,34-41,55H,20,33H2,1-2H3. The number of benzene rings is 11. The third-order valence-electron chi connectivity index (χ3n) is 14.3. The lowest BCUT2D eigenvalue weighted by Gasteiger charge is -2.23. The molecule has 0 heteroatoms. The first-order valence-corrected chi connectivity index (χ1v) is 22.8. The fourth-order valence-electron chi connectivity index (χ4n) is 10.8. The van der Waals surface area contributed by atoms with Crippen molar-refractivity contribution in [3.8, 4) is 44.5 Å². The SMILES string of the molecule is CC1(C)c2cc(CCC(c3ccccc3)c3ccc4cc(-c5ccc6ccccc6c5)ccc4c3)ccc2-c2ccc(-c3ccc(-c4cc5ccccc5c5ccccc45)cc3)cc21. The van der Waals surface area contributed by atoms with E-state index in [9.17, 15) is 0 Å². The van der Waals surface area contributed by atoms with Crippen molar-refractivity contribution in [2.45, 2.75) is 38.0 Å². The number of hydrogen-bond donors (Lipinski definition) is 0. The van der Waals surface area contributed by atoms with Crippen LogP contribution in [0.4, 0.5) is 0 Å². The Labute approximate surface area is 376 Å². The van der Waals surface area contributed by atoms with Crippen molar-refractivity contribution in [1.29, 1.82) is 0 Å². The summed E-state index contributed by atoms with van der Waals surface area (Å²) in [6, 6.07) is 84.0. The van der Waals surface area contributed by atoms with Crippen LogP contribution in [-0.2, 0) is 11.8 Å². The van der Waals surface area contributed by atoms with Crippen molar-refractivity contribution in [2.75, 3.05) is 0 Å². The number of rotatable bonds is 8. The molecule has 0 aliphatic heterocycles. The highest BCUT2D eigenvalue weighted by Gasteiger charge is 2.36. The summed E-state index contributed by atoms with van der Waals surface area (Å²) in [7, 11) is 0. The fraction of sp³-hybridized carbons (Fsp3) is 0.0938. The molecule has 0 aromatic heterocycles. The lowest BCUT2D eigenvalue weighted by Crippen LogP contribution is -2.15. The summed E-state index contributed by atoms with van der Waals surface area (Å²) in [5, 5.41) is 10.3. The highest BCUT2D eigenvalue weighted by molar-refractivity contribution is 6.13. The van der Waals surface area contributed by atoms with Crippen LogP contribution in [0, 0.1) is 0 Å². The lowest BCUT2D eigenvalue weighted by atomic mass is 9.80. The molecule has 0 amide bonds. The van der Waals surface area contributed by atoms with E-state index in [2.05, 4.69) is 238 Å². The van der Waals surface area contributed by atoms with Crippen LogP contribution in [0.2, 0.25) is 0 Å². The first kappa shape index (κ1) is 38.2. The zero-order valence-corrected chi connectivity index (χ0v) is 36.4. The Morgan fingerprint density at radius 3 is 1.64 bits per heavy atom. The molecule has 0 heterocycles. The molecule has 0 saturated carbocycles. The van der Waals surface area contributed by atoms with Crippen molar-refractivity contribution in [3.63, 3.8) is 0 Å². The maximum atomic E-state index is 2.51. The van der Waals surface area contributed by atoms with Crippen LogP contribution in [-0.4, -0.2) is 0 Å². The minimum atomic E-state index is -0.108. The fourth-order valence-corrected chi connectivity index (χ4v) is 10.8. The van der Waals surface area contributed by atoms with Gasteiger partial charge in [0, 0.05) is 11.3 Å². The number of hydrogen-bond acceptors (Lipinski definition) is 0. The van der Waals surface area contributed by atoms with Gasteiger partial charge in [-0.15, -0.1) is 0 Å². The Balaban J connectivity index is 0.806. The Morgan fingerprint density at radius 1 is 0.328 bits per heavy atom. The monoisotopic (exact) mass is 816 g/mol. The van der Waals surface area contributed by atoms with Gasteiger partial charge in [-0.1, -0.05) is 214 Å². The van der Waals surface area contributed by atoms with Gasteiger partial charge in [-0.25, -0.2) is 0 Å². The van der Waals surface area contributed by atoms with Crippen molar-refractivity contribution >= 4 is 43.1 Å². The average molecular weight is 817 g/mol. The van der Waals surface area contributed by atoms with Crippen LogP contribution in [0.15, 0.2) is 224 Å². The maximum Gasteiger partial charge on any atom is 0.0159 e. The first-order valence-electron chi connectivity index (χ1n) is 22.8. The van der Waals surface area contributed by atoms with E-state index in [-0.39, 0.29) is 11.3 Å². The maximum absolute atomic E-state index is 2.51. The second kappa shape index (κ2) is 15.4. The second-order valence-electron chi connectivity index (χ2n) is 18.4. The Kier molecular flexibility index (Phi) is 9.16. The Hall–Kier alpha value is -7.54. The highest BCUT2D eigenvalue weighted by Crippen LogP contribution is 2.50. The molecule has 0 fully saturated rings. The molecular formula is C64H48. The molecule has 12 rings (SSSR count). The molecule has 0 bridgehead atoms. The third-order valence-corrected chi connectivity index (χ3v) is 14.3.